The van der Waals surface area contributed by atoms with Crippen LogP contribution < -0.4 is 9.47 Å². The zero-order chi connectivity index (χ0) is 18.7. The maximum atomic E-state index is 12.4. The largest absolute Gasteiger partial charge is 0.493 e. The van der Waals surface area contributed by atoms with Crippen LogP contribution >= 0.6 is 0 Å². The van der Waals surface area contributed by atoms with Gasteiger partial charge in [0, 0.05) is 50.1 Å². The molecule has 1 saturated carbocycles. The third kappa shape index (κ3) is 4.01. The predicted octanol–water partition coefficient (Wildman–Crippen LogP) is 2.36. The van der Waals surface area contributed by atoms with E-state index in [1.54, 1.807) is 25.3 Å². The Bertz CT molecular complexity index is 676. The Morgan fingerprint density at radius 1 is 1.00 bits per heavy atom. The number of benzene rings is 1. The van der Waals surface area contributed by atoms with Crippen molar-refractivity contribution in [2.45, 2.75) is 38.1 Å². The summed E-state index contributed by atoms with van der Waals surface area (Å²) in [4.78, 5) is 29.2. The molecule has 1 saturated heterocycles. The Balaban J connectivity index is 1.49. The number of methoxy groups -OCH3 is 2. The van der Waals surface area contributed by atoms with E-state index in [1.807, 2.05) is 4.90 Å². The maximum absolute atomic E-state index is 12.4. The lowest BCUT2D eigenvalue weighted by molar-refractivity contribution is -0.133. The molecule has 1 amide bonds. The van der Waals surface area contributed by atoms with E-state index in [-0.39, 0.29) is 24.5 Å². The molecule has 0 N–H and O–H groups in total. The van der Waals surface area contributed by atoms with Crippen molar-refractivity contribution in [3.63, 3.8) is 0 Å². The number of ether oxygens (including phenoxy) is 2. The van der Waals surface area contributed by atoms with Crippen molar-refractivity contribution >= 4 is 11.7 Å². The van der Waals surface area contributed by atoms with Gasteiger partial charge < -0.3 is 14.4 Å². The summed E-state index contributed by atoms with van der Waals surface area (Å²) in [6.45, 7) is 5.70. The molecule has 2 fully saturated rings. The molecule has 142 valence electrons. The molecule has 3 rings (SSSR count). The van der Waals surface area contributed by atoms with Gasteiger partial charge in [-0.05, 0) is 38.0 Å². The Kier molecular flexibility index (Phi) is 5.51. The van der Waals surface area contributed by atoms with Crippen molar-refractivity contribution in [1.29, 1.82) is 0 Å². The van der Waals surface area contributed by atoms with Crippen molar-refractivity contribution in [3.05, 3.63) is 23.8 Å². The minimum atomic E-state index is -0.0524. The first-order valence-corrected chi connectivity index (χ1v) is 9.25. The standard InChI is InChI=1S/C20H28N2O4/c1-20(8-9-20)22-12-10-21(11-13-22)19(24)7-5-16(23)15-4-6-17(25-2)18(14-15)26-3/h4,6,14H,5,7-13H2,1-3H3. The van der Waals surface area contributed by atoms with Crippen molar-refractivity contribution in [3.8, 4) is 11.5 Å². The molecule has 1 aromatic rings. The average Bonchev–Trinajstić information content (AvgIpc) is 3.44. The molecule has 1 heterocycles. The number of hydrogen-bond acceptors (Lipinski definition) is 5. The summed E-state index contributed by atoms with van der Waals surface area (Å²) in [6.07, 6.45) is 3.00. The number of amides is 1. The number of carbonyl (C=O) groups excluding carboxylic acids is 2. The molecule has 6 nitrogen and oxygen atoms in total. The van der Waals surface area contributed by atoms with Crippen molar-refractivity contribution < 1.29 is 19.1 Å². The fourth-order valence-electron chi connectivity index (χ4n) is 3.53. The molecule has 6 heteroatoms. The van der Waals surface area contributed by atoms with E-state index >= 15 is 0 Å². The second-order valence-electron chi connectivity index (χ2n) is 7.36. The van der Waals surface area contributed by atoms with Crippen LogP contribution in [-0.2, 0) is 4.79 Å². The molecule has 0 unspecified atom stereocenters. The van der Waals surface area contributed by atoms with E-state index in [1.165, 1.54) is 20.0 Å². The number of ketones is 1. The smallest absolute Gasteiger partial charge is 0.223 e. The van der Waals surface area contributed by atoms with Crippen LogP contribution in [0.1, 0.15) is 43.0 Å². The molecule has 0 radical (unpaired) electrons. The van der Waals surface area contributed by atoms with Crippen LogP contribution in [0.2, 0.25) is 0 Å². The summed E-state index contributed by atoms with van der Waals surface area (Å²) >= 11 is 0. The van der Waals surface area contributed by atoms with Gasteiger partial charge in [-0.25, -0.2) is 0 Å². The van der Waals surface area contributed by atoms with Gasteiger partial charge in [-0.15, -0.1) is 0 Å². The van der Waals surface area contributed by atoms with Gasteiger partial charge >= 0.3 is 0 Å². The number of nitrogens with zero attached hydrogens (tertiary/aromatic N) is 2. The van der Waals surface area contributed by atoms with Crippen molar-refractivity contribution in [2.24, 2.45) is 0 Å². The summed E-state index contributed by atoms with van der Waals surface area (Å²) in [5.41, 5.74) is 0.917. The zero-order valence-electron chi connectivity index (χ0n) is 15.9. The second kappa shape index (κ2) is 7.66. The van der Waals surface area contributed by atoms with E-state index in [0.717, 1.165) is 26.2 Å². The van der Waals surface area contributed by atoms with Gasteiger partial charge in [0.1, 0.15) is 0 Å². The third-order valence-electron chi connectivity index (χ3n) is 5.64. The average molecular weight is 360 g/mol. The predicted molar refractivity (Wildman–Crippen MR) is 98.9 cm³/mol. The van der Waals surface area contributed by atoms with Crippen LogP contribution in [0.25, 0.3) is 0 Å². The number of rotatable bonds is 7. The summed E-state index contributed by atoms with van der Waals surface area (Å²) in [5, 5.41) is 0. The Morgan fingerprint density at radius 3 is 2.23 bits per heavy atom. The van der Waals surface area contributed by atoms with E-state index in [9.17, 15) is 9.59 Å². The molecule has 2 aliphatic rings. The summed E-state index contributed by atoms with van der Waals surface area (Å²) in [6, 6.07) is 5.09. The minimum Gasteiger partial charge on any atom is -0.493 e. The molecule has 0 bridgehead atoms. The topological polar surface area (TPSA) is 59.1 Å². The first-order chi connectivity index (χ1) is 12.5. The highest BCUT2D eigenvalue weighted by atomic mass is 16.5. The van der Waals surface area contributed by atoms with Gasteiger partial charge in [-0.3, -0.25) is 14.5 Å². The van der Waals surface area contributed by atoms with Crippen LogP contribution in [0.15, 0.2) is 18.2 Å². The molecule has 0 atom stereocenters. The van der Waals surface area contributed by atoms with Crippen molar-refractivity contribution in [2.75, 3.05) is 40.4 Å². The van der Waals surface area contributed by atoms with E-state index < -0.39 is 0 Å². The van der Waals surface area contributed by atoms with Crippen molar-refractivity contribution in [1.82, 2.24) is 9.80 Å². The zero-order valence-corrected chi connectivity index (χ0v) is 15.9. The SMILES string of the molecule is COc1ccc(C(=O)CCC(=O)N2CCN(C3(C)CC3)CC2)cc1OC. The Morgan fingerprint density at radius 2 is 1.65 bits per heavy atom. The molecule has 0 spiro atoms. The Labute approximate surface area is 155 Å². The van der Waals surface area contributed by atoms with Crippen LogP contribution in [0.3, 0.4) is 0 Å². The van der Waals surface area contributed by atoms with Crippen LogP contribution in [0.5, 0.6) is 11.5 Å². The molecule has 1 aliphatic carbocycles. The summed E-state index contributed by atoms with van der Waals surface area (Å²) in [7, 11) is 3.10. The van der Waals surface area contributed by atoms with Gasteiger partial charge in [0.25, 0.3) is 0 Å². The molecule has 26 heavy (non-hydrogen) atoms. The minimum absolute atomic E-state index is 0.0524. The van der Waals surface area contributed by atoms with Crippen LogP contribution in [0, 0.1) is 0 Å². The normalized spacial score (nSPS) is 19.1. The summed E-state index contributed by atoms with van der Waals surface area (Å²) < 4.78 is 10.4. The highest BCUT2D eigenvalue weighted by Crippen LogP contribution is 2.41. The number of piperazine rings is 1. The molecular formula is C20H28N2O4. The number of Topliss-reactive ketones (excluding diaryl/α,β-unsaturated/α-hetero) is 1. The molecule has 0 aromatic heterocycles. The van der Waals surface area contributed by atoms with Gasteiger partial charge in [0.05, 0.1) is 14.2 Å². The van der Waals surface area contributed by atoms with E-state index in [4.69, 9.17) is 9.47 Å². The first-order valence-electron chi connectivity index (χ1n) is 9.25. The van der Waals surface area contributed by atoms with Crippen LogP contribution in [0.4, 0.5) is 0 Å². The monoisotopic (exact) mass is 360 g/mol. The van der Waals surface area contributed by atoms with Gasteiger partial charge in [-0.1, -0.05) is 0 Å². The number of hydrogen-bond donors (Lipinski definition) is 0. The summed E-state index contributed by atoms with van der Waals surface area (Å²) in [5.74, 6) is 1.12. The second-order valence-corrected chi connectivity index (χ2v) is 7.36. The molecule has 1 aliphatic heterocycles. The third-order valence-corrected chi connectivity index (χ3v) is 5.64. The number of carbonyl (C=O) groups is 2. The maximum Gasteiger partial charge on any atom is 0.223 e. The highest BCUT2D eigenvalue weighted by Gasteiger charge is 2.44. The van der Waals surface area contributed by atoms with E-state index in [2.05, 4.69) is 11.8 Å². The fourth-order valence-corrected chi connectivity index (χ4v) is 3.53. The van der Waals surface area contributed by atoms with Crippen LogP contribution in [-0.4, -0.2) is 67.4 Å². The van der Waals surface area contributed by atoms with Gasteiger partial charge in [0.2, 0.25) is 5.91 Å². The molecule has 1 aromatic carbocycles. The molecular weight excluding hydrogens is 332 g/mol. The highest BCUT2D eigenvalue weighted by molar-refractivity contribution is 5.98. The lowest BCUT2D eigenvalue weighted by Gasteiger charge is -2.38. The van der Waals surface area contributed by atoms with E-state index in [0.29, 0.717) is 22.6 Å². The Hall–Kier alpha value is -2.08. The quantitative estimate of drug-likeness (QED) is 0.699. The first kappa shape index (κ1) is 18.7. The van der Waals surface area contributed by atoms with Gasteiger partial charge in [0.15, 0.2) is 17.3 Å². The van der Waals surface area contributed by atoms with Gasteiger partial charge in [-0.2, -0.15) is 0 Å². The lowest BCUT2D eigenvalue weighted by atomic mass is 10.1. The fraction of sp³-hybridized carbons (Fsp3) is 0.600. The lowest BCUT2D eigenvalue weighted by Crippen LogP contribution is -2.52.